The number of ether oxygens (including phenoxy) is 2. The summed E-state index contributed by atoms with van der Waals surface area (Å²) >= 11 is 0. The molecule has 7 nitrogen and oxygen atoms in total. The van der Waals surface area contributed by atoms with Gasteiger partial charge >= 0.3 is 6.61 Å². The van der Waals surface area contributed by atoms with Crippen LogP contribution in [0, 0.1) is 0 Å². The molecule has 27 heavy (non-hydrogen) atoms. The maximum absolute atomic E-state index is 12.4. The Morgan fingerprint density at radius 3 is 2.48 bits per heavy atom. The number of para-hydroxylation sites is 1. The lowest BCUT2D eigenvalue weighted by molar-refractivity contribution is -0.0512. The number of rotatable bonds is 8. The predicted molar refractivity (Wildman–Crippen MR) is 95.7 cm³/mol. The van der Waals surface area contributed by atoms with E-state index in [1.807, 2.05) is 0 Å². The molecule has 0 aliphatic rings. The number of nitrogens with one attached hydrogen (secondary N) is 2. The molecular formula is C17H18F2N2O5S. The summed E-state index contributed by atoms with van der Waals surface area (Å²) in [5.41, 5.74) is 1.07. The molecule has 1 amide bonds. The molecule has 146 valence electrons. The van der Waals surface area contributed by atoms with Crippen molar-refractivity contribution in [1.29, 1.82) is 0 Å². The van der Waals surface area contributed by atoms with E-state index in [4.69, 9.17) is 4.74 Å². The van der Waals surface area contributed by atoms with E-state index in [0.717, 1.165) is 6.26 Å². The highest BCUT2D eigenvalue weighted by molar-refractivity contribution is 7.92. The van der Waals surface area contributed by atoms with E-state index in [9.17, 15) is 22.0 Å². The second-order valence-corrected chi connectivity index (χ2v) is 7.21. The minimum atomic E-state index is -3.47. The van der Waals surface area contributed by atoms with Crippen molar-refractivity contribution in [2.24, 2.45) is 0 Å². The topological polar surface area (TPSA) is 93.7 Å². The summed E-state index contributed by atoms with van der Waals surface area (Å²) < 4.78 is 59.2. The van der Waals surface area contributed by atoms with Crippen LogP contribution in [-0.4, -0.2) is 34.3 Å². The van der Waals surface area contributed by atoms with Gasteiger partial charge in [0.05, 0.1) is 19.1 Å². The number of hydrogen-bond donors (Lipinski definition) is 2. The maximum Gasteiger partial charge on any atom is 0.387 e. The Bertz CT molecular complexity index is 919. The third-order valence-electron chi connectivity index (χ3n) is 3.39. The molecule has 2 aromatic rings. The molecule has 0 saturated carbocycles. The van der Waals surface area contributed by atoms with Gasteiger partial charge in [-0.05, 0) is 29.8 Å². The minimum Gasteiger partial charge on any atom is -0.493 e. The lowest BCUT2D eigenvalue weighted by Gasteiger charge is -2.13. The molecule has 0 radical (unpaired) electrons. The normalized spacial score (nSPS) is 11.1. The summed E-state index contributed by atoms with van der Waals surface area (Å²) in [6.07, 6.45) is 1.03. The zero-order valence-corrected chi connectivity index (χ0v) is 15.3. The highest BCUT2D eigenvalue weighted by Gasteiger charge is 2.15. The van der Waals surface area contributed by atoms with Crippen molar-refractivity contribution in [3.05, 3.63) is 53.6 Å². The second-order valence-electron chi connectivity index (χ2n) is 5.46. The number of methoxy groups -OCH3 is 1. The van der Waals surface area contributed by atoms with E-state index < -0.39 is 22.5 Å². The third kappa shape index (κ3) is 6.10. The molecule has 0 bridgehead atoms. The van der Waals surface area contributed by atoms with Crippen molar-refractivity contribution in [1.82, 2.24) is 5.32 Å². The van der Waals surface area contributed by atoms with Crippen molar-refractivity contribution in [3.8, 4) is 11.5 Å². The van der Waals surface area contributed by atoms with Gasteiger partial charge in [0.1, 0.15) is 0 Å². The van der Waals surface area contributed by atoms with E-state index in [0.29, 0.717) is 11.3 Å². The Balaban J connectivity index is 2.13. The molecule has 0 saturated heterocycles. The van der Waals surface area contributed by atoms with Gasteiger partial charge in [0, 0.05) is 12.1 Å². The Kier molecular flexibility index (Phi) is 6.56. The number of hydrogen-bond acceptors (Lipinski definition) is 5. The average molecular weight is 400 g/mol. The van der Waals surface area contributed by atoms with Gasteiger partial charge in [-0.2, -0.15) is 8.78 Å². The van der Waals surface area contributed by atoms with Crippen LogP contribution in [0.3, 0.4) is 0 Å². The fraction of sp³-hybridized carbons (Fsp3) is 0.235. The largest absolute Gasteiger partial charge is 0.493 e. The molecule has 0 fully saturated rings. The average Bonchev–Trinajstić information content (AvgIpc) is 2.59. The SMILES string of the molecule is COc1cc(C(=O)NCc2ccccc2NS(C)(=O)=O)ccc1OC(F)F. The number of anilines is 1. The number of carbonyl (C=O) groups is 1. The lowest BCUT2D eigenvalue weighted by Crippen LogP contribution is -2.24. The highest BCUT2D eigenvalue weighted by atomic mass is 32.2. The van der Waals surface area contributed by atoms with Gasteiger partial charge in [-0.25, -0.2) is 8.42 Å². The van der Waals surface area contributed by atoms with Crippen LogP contribution in [0.15, 0.2) is 42.5 Å². The summed E-state index contributed by atoms with van der Waals surface area (Å²) in [5.74, 6) is -0.695. The fourth-order valence-electron chi connectivity index (χ4n) is 2.25. The van der Waals surface area contributed by atoms with Crippen molar-refractivity contribution in [2.75, 3.05) is 18.1 Å². The van der Waals surface area contributed by atoms with E-state index in [1.165, 1.54) is 25.3 Å². The molecule has 0 heterocycles. The van der Waals surface area contributed by atoms with Gasteiger partial charge in [0.2, 0.25) is 10.0 Å². The van der Waals surface area contributed by atoms with Crippen LogP contribution < -0.4 is 19.5 Å². The lowest BCUT2D eigenvalue weighted by atomic mass is 10.1. The molecule has 10 heteroatoms. The van der Waals surface area contributed by atoms with Gasteiger partial charge in [-0.3, -0.25) is 9.52 Å². The van der Waals surface area contributed by atoms with E-state index in [1.54, 1.807) is 24.3 Å². The summed E-state index contributed by atoms with van der Waals surface area (Å²) in [4.78, 5) is 12.3. The van der Waals surface area contributed by atoms with Crippen LogP contribution in [0.4, 0.5) is 14.5 Å². The zero-order chi connectivity index (χ0) is 20.0. The third-order valence-corrected chi connectivity index (χ3v) is 3.98. The van der Waals surface area contributed by atoms with Crippen LogP contribution in [0.5, 0.6) is 11.5 Å². The van der Waals surface area contributed by atoms with Gasteiger partial charge < -0.3 is 14.8 Å². The first-order valence-corrected chi connectivity index (χ1v) is 9.55. The van der Waals surface area contributed by atoms with E-state index in [-0.39, 0.29) is 23.6 Å². The Labute approximate surface area is 155 Å². The van der Waals surface area contributed by atoms with Gasteiger partial charge in [0.15, 0.2) is 11.5 Å². The Hall–Kier alpha value is -2.88. The van der Waals surface area contributed by atoms with Crippen molar-refractivity contribution in [3.63, 3.8) is 0 Å². The Morgan fingerprint density at radius 2 is 1.85 bits per heavy atom. The van der Waals surface area contributed by atoms with Crippen LogP contribution in [-0.2, 0) is 16.6 Å². The predicted octanol–water partition coefficient (Wildman–Crippen LogP) is 2.60. The number of amides is 1. The monoisotopic (exact) mass is 400 g/mol. The van der Waals surface area contributed by atoms with Gasteiger partial charge in [0.25, 0.3) is 5.91 Å². The standard InChI is InChI=1S/C17H18F2N2O5S/c1-25-15-9-11(7-8-14(15)26-17(18)19)16(22)20-10-12-5-3-4-6-13(12)21-27(2,23)24/h3-9,17,21H,10H2,1-2H3,(H,20,22). The van der Waals surface area contributed by atoms with E-state index in [2.05, 4.69) is 14.8 Å². The van der Waals surface area contributed by atoms with Gasteiger partial charge in [-0.15, -0.1) is 0 Å². The van der Waals surface area contributed by atoms with Crippen molar-refractivity contribution < 1.29 is 31.5 Å². The van der Waals surface area contributed by atoms with Crippen molar-refractivity contribution in [2.45, 2.75) is 13.2 Å². The summed E-state index contributed by atoms with van der Waals surface area (Å²) in [7, 11) is -2.20. The molecule has 2 rings (SSSR count). The first kappa shape index (κ1) is 20.4. The summed E-state index contributed by atoms with van der Waals surface area (Å²) in [5, 5.41) is 2.63. The first-order chi connectivity index (χ1) is 12.7. The number of sulfonamides is 1. The maximum atomic E-state index is 12.4. The Morgan fingerprint density at radius 1 is 1.15 bits per heavy atom. The van der Waals surface area contributed by atoms with Crippen LogP contribution in [0.25, 0.3) is 0 Å². The number of halogens is 2. The molecule has 0 spiro atoms. The van der Waals surface area contributed by atoms with Crippen LogP contribution in [0.1, 0.15) is 15.9 Å². The van der Waals surface area contributed by atoms with Crippen LogP contribution >= 0.6 is 0 Å². The first-order valence-electron chi connectivity index (χ1n) is 7.66. The number of benzene rings is 2. The minimum absolute atomic E-state index is 0.0120. The van der Waals surface area contributed by atoms with Crippen molar-refractivity contribution >= 4 is 21.6 Å². The molecule has 2 aromatic carbocycles. The molecule has 0 unspecified atom stereocenters. The summed E-state index contributed by atoms with van der Waals surface area (Å²) in [6, 6.07) is 10.4. The smallest absolute Gasteiger partial charge is 0.387 e. The van der Waals surface area contributed by atoms with Gasteiger partial charge in [-0.1, -0.05) is 18.2 Å². The molecule has 2 N–H and O–H groups in total. The second kappa shape index (κ2) is 8.67. The number of carbonyl (C=O) groups excluding carboxylic acids is 1. The molecule has 0 aliphatic heterocycles. The zero-order valence-electron chi connectivity index (χ0n) is 14.5. The molecule has 0 aromatic heterocycles. The molecule has 0 atom stereocenters. The fourth-order valence-corrected chi connectivity index (χ4v) is 2.85. The summed E-state index contributed by atoms with van der Waals surface area (Å²) in [6.45, 7) is -2.97. The van der Waals surface area contributed by atoms with Crippen LogP contribution in [0.2, 0.25) is 0 Å². The van der Waals surface area contributed by atoms with E-state index >= 15 is 0 Å². The molecule has 0 aliphatic carbocycles. The number of alkyl halides is 2. The molecular weight excluding hydrogens is 382 g/mol. The quantitative estimate of drug-likeness (QED) is 0.711. The highest BCUT2D eigenvalue weighted by Crippen LogP contribution is 2.29.